The fraction of sp³-hybridized carbons (Fsp3) is 0.519. The molecule has 0 spiro atoms. The van der Waals surface area contributed by atoms with Crippen molar-refractivity contribution in [1.82, 2.24) is 4.90 Å². The topological polar surface area (TPSA) is 27.0 Å². The van der Waals surface area contributed by atoms with Crippen molar-refractivity contribution >= 4 is 0 Å². The summed E-state index contributed by atoms with van der Waals surface area (Å²) in [5.74, 6) is 0.828. The van der Waals surface area contributed by atoms with Crippen LogP contribution in [-0.2, 0) is 13.0 Å². The molecule has 0 radical (unpaired) electrons. The molecule has 0 aromatic heterocycles. The van der Waals surface area contributed by atoms with Gasteiger partial charge in [-0.25, -0.2) is 0 Å². The van der Waals surface area contributed by atoms with Crippen LogP contribution in [0.2, 0.25) is 0 Å². The lowest BCUT2D eigenvalue weighted by Crippen LogP contribution is -2.32. The van der Waals surface area contributed by atoms with E-state index >= 15 is 0 Å². The maximum absolute atomic E-state index is 9.78. The molecular weight excluding hydrogens is 352 g/mol. The van der Waals surface area contributed by atoms with Gasteiger partial charge in [-0.1, -0.05) is 86.7 Å². The number of nitriles is 1. The molecule has 1 aliphatic carbocycles. The van der Waals surface area contributed by atoms with Gasteiger partial charge in [0.2, 0.25) is 0 Å². The minimum atomic E-state index is -0.0317. The fourth-order valence-corrected chi connectivity index (χ4v) is 4.55. The molecule has 1 unspecified atom stereocenters. The van der Waals surface area contributed by atoms with E-state index in [0.29, 0.717) is 6.04 Å². The lowest BCUT2D eigenvalue weighted by molar-refractivity contribution is 0.208. The first-order chi connectivity index (χ1) is 14.2. The molecule has 2 aromatic rings. The molecule has 0 bridgehead atoms. The number of benzene rings is 2. The minimum absolute atomic E-state index is 0.0317. The van der Waals surface area contributed by atoms with E-state index in [1.165, 1.54) is 55.2 Å². The van der Waals surface area contributed by atoms with Crippen LogP contribution in [0.15, 0.2) is 54.6 Å². The molecule has 1 saturated carbocycles. The van der Waals surface area contributed by atoms with Crippen molar-refractivity contribution in [1.29, 1.82) is 5.26 Å². The number of nitrogens with zero attached hydrogens (tertiary/aromatic N) is 2. The maximum atomic E-state index is 9.78. The van der Waals surface area contributed by atoms with Gasteiger partial charge in [0.1, 0.15) is 0 Å². The number of rotatable bonds is 9. The van der Waals surface area contributed by atoms with Crippen LogP contribution < -0.4 is 0 Å². The molecule has 3 rings (SSSR count). The minimum Gasteiger partial charge on any atom is -0.297 e. The maximum Gasteiger partial charge on any atom is 0.0724 e. The molecule has 29 heavy (non-hydrogen) atoms. The highest BCUT2D eigenvalue weighted by Gasteiger charge is 2.17. The average molecular weight is 389 g/mol. The fourth-order valence-electron chi connectivity index (χ4n) is 4.55. The molecule has 0 N–H and O–H groups in total. The Labute approximate surface area is 177 Å². The summed E-state index contributed by atoms with van der Waals surface area (Å²) in [7, 11) is 0. The Kier molecular flexibility index (Phi) is 8.32. The van der Waals surface area contributed by atoms with E-state index in [1.54, 1.807) is 0 Å². The van der Waals surface area contributed by atoms with Gasteiger partial charge in [0.25, 0.3) is 0 Å². The lowest BCUT2D eigenvalue weighted by Gasteiger charge is -2.27. The Morgan fingerprint density at radius 1 is 0.931 bits per heavy atom. The predicted molar refractivity (Wildman–Crippen MR) is 122 cm³/mol. The van der Waals surface area contributed by atoms with Gasteiger partial charge in [-0.15, -0.1) is 0 Å². The third-order valence-electron chi connectivity index (χ3n) is 6.45. The molecule has 0 saturated heterocycles. The average Bonchev–Trinajstić information content (AvgIpc) is 2.75. The Hall–Kier alpha value is -2.11. The SMILES string of the molecule is CC(C)N(CCC(C#N)c1ccc(CC2CCCCC2)cc1)Cc1ccccc1. The largest absolute Gasteiger partial charge is 0.297 e. The van der Waals surface area contributed by atoms with E-state index in [2.05, 4.69) is 79.4 Å². The normalized spacial score (nSPS) is 16.1. The lowest BCUT2D eigenvalue weighted by atomic mass is 9.84. The van der Waals surface area contributed by atoms with E-state index in [0.717, 1.165) is 25.4 Å². The number of hydrogen-bond donors (Lipinski definition) is 0. The number of hydrogen-bond acceptors (Lipinski definition) is 2. The van der Waals surface area contributed by atoms with Crippen molar-refractivity contribution in [2.75, 3.05) is 6.54 Å². The van der Waals surface area contributed by atoms with Crippen LogP contribution in [-0.4, -0.2) is 17.5 Å². The molecule has 0 amide bonds. The molecule has 1 atom stereocenters. The van der Waals surface area contributed by atoms with Crippen LogP contribution >= 0.6 is 0 Å². The smallest absolute Gasteiger partial charge is 0.0724 e. The second kappa shape index (κ2) is 11.2. The molecule has 2 nitrogen and oxygen atoms in total. The van der Waals surface area contributed by atoms with E-state index in [4.69, 9.17) is 0 Å². The Morgan fingerprint density at radius 2 is 1.62 bits per heavy atom. The molecule has 1 fully saturated rings. The molecule has 154 valence electrons. The molecule has 0 heterocycles. The first-order valence-electron chi connectivity index (χ1n) is 11.4. The highest BCUT2D eigenvalue weighted by atomic mass is 15.1. The van der Waals surface area contributed by atoms with Gasteiger partial charge >= 0.3 is 0 Å². The monoisotopic (exact) mass is 388 g/mol. The van der Waals surface area contributed by atoms with Gasteiger partial charge in [-0.3, -0.25) is 4.90 Å². The molecule has 1 aliphatic rings. The van der Waals surface area contributed by atoms with Crippen LogP contribution in [0.3, 0.4) is 0 Å². The Bertz CT molecular complexity index is 751. The highest BCUT2D eigenvalue weighted by molar-refractivity contribution is 5.29. The first kappa shape index (κ1) is 21.6. The van der Waals surface area contributed by atoms with Crippen molar-refractivity contribution < 1.29 is 0 Å². The van der Waals surface area contributed by atoms with Crippen molar-refractivity contribution in [2.24, 2.45) is 5.92 Å². The van der Waals surface area contributed by atoms with Gasteiger partial charge in [0.15, 0.2) is 0 Å². The van der Waals surface area contributed by atoms with Gasteiger partial charge < -0.3 is 0 Å². The van der Waals surface area contributed by atoms with Crippen molar-refractivity contribution in [2.45, 2.75) is 77.3 Å². The van der Waals surface area contributed by atoms with Crippen molar-refractivity contribution in [3.63, 3.8) is 0 Å². The summed E-state index contributed by atoms with van der Waals surface area (Å²) >= 11 is 0. The summed E-state index contributed by atoms with van der Waals surface area (Å²) in [4.78, 5) is 2.47. The Balaban J connectivity index is 1.56. The Morgan fingerprint density at radius 3 is 2.24 bits per heavy atom. The summed E-state index contributed by atoms with van der Waals surface area (Å²) < 4.78 is 0. The van der Waals surface area contributed by atoms with Gasteiger partial charge in [0.05, 0.1) is 12.0 Å². The van der Waals surface area contributed by atoms with Crippen LogP contribution in [0.25, 0.3) is 0 Å². The molecule has 2 heteroatoms. The summed E-state index contributed by atoms with van der Waals surface area (Å²) in [6.07, 6.45) is 9.06. The van der Waals surface area contributed by atoms with Gasteiger partial charge in [0, 0.05) is 19.1 Å². The standard InChI is InChI=1S/C27H36N2/c1-22(2)29(21-25-11-7-4-8-12-25)18-17-27(20-28)26-15-13-24(14-16-26)19-23-9-5-3-6-10-23/h4,7-8,11-16,22-23,27H,3,5-6,9-10,17-19,21H2,1-2H3. The zero-order valence-corrected chi connectivity index (χ0v) is 18.2. The second-order valence-corrected chi connectivity index (χ2v) is 8.97. The van der Waals surface area contributed by atoms with Gasteiger partial charge in [-0.05, 0) is 49.3 Å². The summed E-state index contributed by atoms with van der Waals surface area (Å²) in [5.41, 5.74) is 3.94. The molecule has 2 aromatic carbocycles. The third kappa shape index (κ3) is 6.72. The van der Waals surface area contributed by atoms with Crippen LogP contribution in [0.4, 0.5) is 0 Å². The summed E-state index contributed by atoms with van der Waals surface area (Å²) in [5, 5.41) is 9.78. The van der Waals surface area contributed by atoms with E-state index in [9.17, 15) is 5.26 Å². The third-order valence-corrected chi connectivity index (χ3v) is 6.45. The summed E-state index contributed by atoms with van der Waals surface area (Å²) in [6, 6.07) is 22.6. The zero-order chi connectivity index (χ0) is 20.5. The summed E-state index contributed by atoms with van der Waals surface area (Å²) in [6.45, 7) is 6.36. The van der Waals surface area contributed by atoms with Crippen LogP contribution in [0.5, 0.6) is 0 Å². The predicted octanol–water partition coefficient (Wildman–Crippen LogP) is 6.72. The second-order valence-electron chi connectivity index (χ2n) is 8.97. The van der Waals surface area contributed by atoms with Crippen molar-refractivity contribution in [3.05, 3.63) is 71.3 Å². The van der Waals surface area contributed by atoms with Crippen LogP contribution in [0.1, 0.15) is 75.0 Å². The quantitative estimate of drug-likeness (QED) is 0.477. The van der Waals surface area contributed by atoms with Gasteiger partial charge in [-0.2, -0.15) is 5.26 Å². The van der Waals surface area contributed by atoms with Crippen LogP contribution in [0, 0.1) is 17.2 Å². The zero-order valence-electron chi connectivity index (χ0n) is 18.2. The highest BCUT2D eigenvalue weighted by Crippen LogP contribution is 2.28. The van der Waals surface area contributed by atoms with Crippen molar-refractivity contribution in [3.8, 4) is 6.07 Å². The molecule has 0 aliphatic heterocycles. The van der Waals surface area contributed by atoms with E-state index in [1.807, 2.05) is 0 Å². The van der Waals surface area contributed by atoms with E-state index in [-0.39, 0.29) is 5.92 Å². The van der Waals surface area contributed by atoms with E-state index < -0.39 is 0 Å². The first-order valence-corrected chi connectivity index (χ1v) is 11.4. The molecular formula is C27H36N2.